The van der Waals surface area contributed by atoms with E-state index in [0.717, 1.165) is 31.9 Å². The first kappa shape index (κ1) is 21.5. The first-order valence-electron chi connectivity index (χ1n) is 10.6. The molecule has 0 aliphatic carbocycles. The fourth-order valence-electron chi connectivity index (χ4n) is 4.00. The van der Waals surface area contributed by atoms with Crippen LogP contribution in [-0.4, -0.2) is 44.0 Å². The first-order chi connectivity index (χ1) is 13.3. The molecular weight excluding hydrogens is 364 g/mol. The van der Waals surface area contributed by atoms with E-state index < -0.39 is 5.60 Å². The number of hydrogen-bond acceptors (Lipinski definition) is 3. The minimum Gasteiger partial charge on any atom is -0.444 e. The average Bonchev–Trinajstić information content (AvgIpc) is 3.25. The molecule has 3 heterocycles. The Bertz CT molecular complexity index is 860. The maximum absolute atomic E-state index is 12.4. The van der Waals surface area contributed by atoms with E-state index in [1.807, 2.05) is 25.7 Å². The van der Waals surface area contributed by atoms with Gasteiger partial charge in [-0.2, -0.15) is 5.10 Å². The minimum absolute atomic E-state index is 0.0102. The van der Waals surface area contributed by atoms with Crippen molar-refractivity contribution in [2.24, 2.45) is 5.92 Å². The SMILES string of the molecule is Cc1ccc(C)n1-c1cc(C(C)(C)C)n(C[C@H]2CCN(C(=O)OC(C)(C)C)C2)n1. The third-order valence-electron chi connectivity index (χ3n) is 5.40. The summed E-state index contributed by atoms with van der Waals surface area (Å²) in [7, 11) is 0. The number of aromatic nitrogens is 3. The fourth-order valence-corrected chi connectivity index (χ4v) is 4.00. The zero-order chi connectivity index (χ0) is 21.6. The Morgan fingerprint density at radius 1 is 1.14 bits per heavy atom. The predicted octanol–water partition coefficient (Wildman–Crippen LogP) is 4.85. The van der Waals surface area contributed by atoms with Crippen LogP contribution in [0.15, 0.2) is 18.2 Å². The number of carbonyl (C=O) groups excluding carboxylic acids is 1. The monoisotopic (exact) mass is 400 g/mol. The zero-order valence-corrected chi connectivity index (χ0v) is 19.2. The summed E-state index contributed by atoms with van der Waals surface area (Å²) in [4.78, 5) is 14.2. The Hall–Kier alpha value is -2.24. The number of hydrogen-bond donors (Lipinski definition) is 0. The number of amides is 1. The molecule has 29 heavy (non-hydrogen) atoms. The summed E-state index contributed by atoms with van der Waals surface area (Å²) in [6, 6.07) is 6.46. The molecular formula is C23H36N4O2. The van der Waals surface area contributed by atoms with E-state index in [1.165, 1.54) is 17.1 Å². The molecule has 2 aromatic rings. The van der Waals surface area contributed by atoms with Crippen molar-refractivity contribution in [1.82, 2.24) is 19.2 Å². The maximum atomic E-state index is 12.4. The van der Waals surface area contributed by atoms with Crippen molar-refractivity contribution >= 4 is 6.09 Å². The van der Waals surface area contributed by atoms with Crippen molar-refractivity contribution in [3.05, 3.63) is 35.3 Å². The molecule has 1 saturated heterocycles. The molecule has 6 nitrogen and oxygen atoms in total. The summed E-state index contributed by atoms with van der Waals surface area (Å²) in [6.07, 6.45) is 0.760. The Kier molecular flexibility index (Phi) is 5.58. The average molecular weight is 401 g/mol. The van der Waals surface area contributed by atoms with Crippen molar-refractivity contribution in [3.63, 3.8) is 0 Å². The summed E-state index contributed by atoms with van der Waals surface area (Å²) in [5, 5.41) is 4.98. The van der Waals surface area contributed by atoms with Gasteiger partial charge >= 0.3 is 6.09 Å². The van der Waals surface area contributed by atoms with Crippen LogP contribution < -0.4 is 0 Å². The molecule has 160 valence electrons. The van der Waals surface area contributed by atoms with Gasteiger partial charge in [-0.15, -0.1) is 0 Å². The van der Waals surface area contributed by atoms with Crippen LogP contribution >= 0.6 is 0 Å². The largest absolute Gasteiger partial charge is 0.444 e. The summed E-state index contributed by atoms with van der Waals surface area (Å²) < 4.78 is 9.89. The smallest absolute Gasteiger partial charge is 0.410 e. The number of nitrogens with zero attached hydrogens (tertiary/aromatic N) is 4. The molecule has 0 unspecified atom stereocenters. The quantitative estimate of drug-likeness (QED) is 0.740. The number of carbonyl (C=O) groups is 1. The molecule has 0 spiro atoms. The van der Waals surface area contributed by atoms with Gasteiger partial charge in [0.1, 0.15) is 5.60 Å². The number of rotatable bonds is 3. The molecule has 0 N–H and O–H groups in total. The van der Waals surface area contributed by atoms with Crippen LogP contribution in [0.5, 0.6) is 0 Å². The molecule has 1 aliphatic rings. The molecule has 0 bridgehead atoms. The summed E-state index contributed by atoms with van der Waals surface area (Å²) in [6.45, 7) is 18.9. The molecule has 1 amide bonds. The highest BCUT2D eigenvalue weighted by Crippen LogP contribution is 2.28. The molecule has 0 saturated carbocycles. The van der Waals surface area contributed by atoms with Crippen LogP contribution in [0.25, 0.3) is 5.82 Å². The summed E-state index contributed by atoms with van der Waals surface area (Å²) >= 11 is 0. The predicted molar refractivity (Wildman–Crippen MR) is 116 cm³/mol. The normalized spacial score (nSPS) is 17.8. The lowest BCUT2D eigenvalue weighted by Crippen LogP contribution is -2.35. The lowest BCUT2D eigenvalue weighted by molar-refractivity contribution is 0.0286. The van der Waals surface area contributed by atoms with E-state index in [-0.39, 0.29) is 11.5 Å². The Morgan fingerprint density at radius 2 is 1.76 bits per heavy atom. The van der Waals surface area contributed by atoms with Crippen LogP contribution in [-0.2, 0) is 16.7 Å². The molecule has 0 aromatic carbocycles. The van der Waals surface area contributed by atoms with Gasteiger partial charge in [0, 0.05) is 48.2 Å². The topological polar surface area (TPSA) is 52.3 Å². The van der Waals surface area contributed by atoms with Crippen LogP contribution in [0, 0.1) is 19.8 Å². The molecule has 0 radical (unpaired) electrons. The second-order valence-corrected chi connectivity index (χ2v) is 10.4. The van der Waals surface area contributed by atoms with E-state index in [1.54, 1.807) is 0 Å². The third kappa shape index (κ3) is 4.85. The van der Waals surface area contributed by atoms with Gasteiger partial charge in [0.2, 0.25) is 0 Å². The van der Waals surface area contributed by atoms with Gasteiger partial charge in [0.25, 0.3) is 0 Å². The summed E-state index contributed by atoms with van der Waals surface area (Å²) in [5.74, 6) is 1.35. The number of ether oxygens (including phenoxy) is 1. The van der Waals surface area contributed by atoms with E-state index in [0.29, 0.717) is 5.92 Å². The van der Waals surface area contributed by atoms with Gasteiger partial charge in [-0.1, -0.05) is 20.8 Å². The van der Waals surface area contributed by atoms with Crippen molar-refractivity contribution in [2.45, 2.75) is 79.4 Å². The van der Waals surface area contributed by atoms with Gasteiger partial charge in [-0.05, 0) is 59.1 Å². The Labute approximate surface area is 174 Å². The molecule has 2 aromatic heterocycles. The van der Waals surface area contributed by atoms with Crippen molar-refractivity contribution in [3.8, 4) is 5.82 Å². The number of aryl methyl sites for hydroxylation is 2. The van der Waals surface area contributed by atoms with Crippen molar-refractivity contribution in [2.75, 3.05) is 13.1 Å². The van der Waals surface area contributed by atoms with E-state index >= 15 is 0 Å². The lowest BCUT2D eigenvalue weighted by atomic mass is 9.92. The third-order valence-corrected chi connectivity index (χ3v) is 5.40. The molecule has 6 heteroatoms. The van der Waals surface area contributed by atoms with E-state index in [9.17, 15) is 4.79 Å². The maximum Gasteiger partial charge on any atom is 0.410 e. The highest BCUT2D eigenvalue weighted by atomic mass is 16.6. The highest BCUT2D eigenvalue weighted by Gasteiger charge is 2.31. The van der Waals surface area contributed by atoms with Gasteiger partial charge in [-0.3, -0.25) is 4.68 Å². The molecule has 3 rings (SSSR count). The van der Waals surface area contributed by atoms with Crippen LogP contribution in [0.1, 0.15) is 65.0 Å². The Balaban J connectivity index is 1.80. The fraction of sp³-hybridized carbons (Fsp3) is 0.652. The lowest BCUT2D eigenvalue weighted by Gasteiger charge is -2.25. The van der Waals surface area contributed by atoms with Gasteiger partial charge in [0.15, 0.2) is 5.82 Å². The molecule has 1 fully saturated rings. The first-order valence-corrected chi connectivity index (χ1v) is 10.6. The van der Waals surface area contributed by atoms with Crippen LogP contribution in [0.3, 0.4) is 0 Å². The standard InChI is InChI=1S/C23H36N4O2/c1-16-9-10-17(2)27(16)20-13-19(22(3,4)5)26(24-20)15-18-11-12-25(14-18)21(28)29-23(6,7)8/h9-10,13,18H,11-12,14-15H2,1-8H3/t18-/m0/s1. The highest BCUT2D eigenvalue weighted by molar-refractivity contribution is 5.68. The second kappa shape index (κ2) is 7.54. The van der Waals surface area contributed by atoms with E-state index in [4.69, 9.17) is 9.84 Å². The van der Waals surface area contributed by atoms with Gasteiger partial charge in [-0.25, -0.2) is 4.79 Å². The van der Waals surface area contributed by atoms with Gasteiger partial charge < -0.3 is 14.2 Å². The summed E-state index contributed by atoms with van der Waals surface area (Å²) in [5.41, 5.74) is 3.12. The van der Waals surface area contributed by atoms with Crippen molar-refractivity contribution < 1.29 is 9.53 Å². The molecule has 1 aliphatic heterocycles. The Morgan fingerprint density at radius 3 is 2.31 bits per heavy atom. The van der Waals surface area contributed by atoms with E-state index in [2.05, 4.69) is 62.1 Å². The van der Waals surface area contributed by atoms with Crippen LogP contribution in [0.4, 0.5) is 4.79 Å². The minimum atomic E-state index is -0.460. The van der Waals surface area contributed by atoms with Gasteiger partial charge in [0.05, 0.1) is 0 Å². The zero-order valence-electron chi connectivity index (χ0n) is 19.2. The second-order valence-electron chi connectivity index (χ2n) is 10.4. The number of likely N-dealkylation sites (tertiary alicyclic amines) is 1. The van der Waals surface area contributed by atoms with Crippen molar-refractivity contribution in [1.29, 1.82) is 0 Å². The van der Waals surface area contributed by atoms with Crippen LogP contribution in [0.2, 0.25) is 0 Å². The molecule has 1 atom stereocenters.